The lowest BCUT2D eigenvalue weighted by Crippen LogP contribution is -2.38. The summed E-state index contributed by atoms with van der Waals surface area (Å²) in [5, 5.41) is 15.4. The molecule has 1 aliphatic carbocycles. The summed E-state index contributed by atoms with van der Waals surface area (Å²) in [6.07, 6.45) is 3.51. The summed E-state index contributed by atoms with van der Waals surface area (Å²) < 4.78 is 11.6. The van der Waals surface area contributed by atoms with Crippen molar-refractivity contribution < 1.29 is 9.15 Å². The molecule has 1 N–H and O–H groups in total. The summed E-state index contributed by atoms with van der Waals surface area (Å²) >= 11 is 0. The van der Waals surface area contributed by atoms with Crippen LogP contribution in [0.2, 0.25) is 0 Å². The molecule has 0 bridgehead atoms. The standard InChI is InChI=1S/C14H20N6O2/c1-9-15-13(18-16-9)11-7-20(5-6-21-11)8-12-17-19-14(22-12)10-3-2-4-10/h10-11H,2-8H2,1H3,(H,15,16,18). The number of aromatic amines is 1. The summed E-state index contributed by atoms with van der Waals surface area (Å²) in [7, 11) is 0. The molecule has 1 aliphatic heterocycles. The van der Waals surface area contributed by atoms with Gasteiger partial charge in [-0.2, -0.15) is 5.10 Å². The fourth-order valence-corrected chi connectivity index (χ4v) is 2.85. The van der Waals surface area contributed by atoms with E-state index in [4.69, 9.17) is 9.15 Å². The van der Waals surface area contributed by atoms with Crippen LogP contribution in [0, 0.1) is 6.92 Å². The molecule has 0 radical (unpaired) electrons. The fourth-order valence-electron chi connectivity index (χ4n) is 2.85. The molecule has 2 aromatic heterocycles. The van der Waals surface area contributed by atoms with E-state index in [1.807, 2.05) is 6.92 Å². The quantitative estimate of drug-likeness (QED) is 0.911. The monoisotopic (exact) mass is 304 g/mol. The third-order valence-corrected chi connectivity index (χ3v) is 4.35. The first kappa shape index (κ1) is 13.8. The van der Waals surface area contributed by atoms with Gasteiger partial charge in [0.25, 0.3) is 0 Å². The summed E-state index contributed by atoms with van der Waals surface area (Å²) in [6.45, 7) is 4.78. The highest BCUT2D eigenvalue weighted by molar-refractivity contribution is 4.98. The summed E-state index contributed by atoms with van der Waals surface area (Å²) in [5.41, 5.74) is 0. The molecule has 0 spiro atoms. The van der Waals surface area contributed by atoms with E-state index < -0.39 is 0 Å². The molecule has 8 heteroatoms. The minimum Gasteiger partial charge on any atom is -0.424 e. The first-order valence-electron chi connectivity index (χ1n) is 7.83. The van der Waals surface area contributed by atoms with Gasteiger partial charge in [0.1, 0.15) is 11.9 Å². The normalized spacial score (nSPS) is 23.6. The van der Waals surface area contributed by atoms with Crippen molar-refractivity contribution in [3.05, 3.63) is 23.4 Å². The Morgan fingerprint density at radius 3 is 2.95 bits per heavy atom. The van der Waals surface area contributed by atoms with E-state index in [1.165, 1.54) is 19.3 Å². The molecule has 2 fully saturated rings. The molecule has 0 amide bonds. The van der Waals surface area contributed by atoms with Gasteiger partial charge in [-0.1, -0.05) is 6.42 Å². The van der Waals surface area contributed by atoms with Gasteiger partial charge >= 0.3 is 0 Å². The highest BCUT2D eigenvalue weighted by Gasteiger charge is 2.28. The van der Waals surface area contributed by atoms with E-state index in [-0.39, 0.29) is 6.10 Å². The van der Waals surface area contributed by atoms with Crippen LogP contribution >= 0.6 is 0 Å². The van der Waals surface area contributed by atoms with Gasteiger partial charge in [0.2, 0.25) is 11.8 Å². The van der Waals surface area contributed by atoms with Crippen LogP contribution in [0.1, 0.15) is 54.7 Å². The molecule has 4 rings (SSSR count). The van der Waals surface area contributed by atoms with Gasteiger partial charge in [-0.05, 0) is 19.8 Å². The minimum atomic E-state index is -0.104. The number of hydrogen-bond donors (Lipinski definition) is 1. The molecule has 2 aliphatic rings. The van der Waals surface area contributed by atoms with Crippen LogP contribution in [-0.4, -0.2) is 50.0 Å². The Balaban J connectivity index is 1.38. The van der Waals surface area contributed by atoms with Gasteiger partial charge in [0, 0.05) is 19.0 Å². The summed E-state index contributed by atoms with van der Waals surface area (Å²) in [6, 6.07) is 0. The number of aryl methyl sites for hydroxylation is 1. The predicted octanol–water partition coefficient (Wildman–Crippen LogP) is 1.34. The predicted molar refractivity (Wildman–Crippen MR) is 76.0 cm³/mol. The number of aromatic nitrogens is 5. The van der Waals surface area contributed by atoms with Gasteiger partial charge in [0.15, 0.2) is 5.82 Å². The van der Waals surface area contributed by atoms with E-state index in [9.17, 15) is 0 Å². The van der Waals surface area contributed by atoms with Crippen LogP contribution in [0.3, 0.4) is 0 Å². The summed E-state index contributed by atoms with van der Waals surface area (Å²) in [5.74, 6) is 3.49. The highest BCUT2D eigenvalue weighted by Crippen LogP contribution is 2.35. The van der Waals surface area contributed by atoms with Gasteiger partial charge in [-0.15, -0.1) is 10.2 Å². The first-order chi connectivity index (χ1) is 10.8. The SMILES string of the molecule is Cc1nc(C2CN(Cc3nnc(C4CCC4)o3)CCO2)n[nH]1. The molecule has 0 aromatic carbocycles. The van der Waals surface area contributed by atoms with Crippen LogP contribution < -0.4 is 0 Å². The first-order valence-corrected chi connectivity index (χ1v) is 7.83. The average molecular weight is 304 g/mol. The Bertz CT molecular complexity index is 635. The molecule has 3 heterocycles. The zero-order valence-electron chi connectivity index (χ0n) is 12.7. The fraction of sp³-hybridized carbons (Fsp3) is 0.714. The topological polar surface area (TPSA) is 93.0 Å². The number of nitrogens with zero attached hydrogens (tertiary/aromatic N) is 5. The average Bonchev–Trinajstić information content (AvgIpc) is 3.07. The Hall–Kier alpha value is -1.80. The largest absolute Gasteiger partial charge is 0.424 e. The molecular weight excluding hydrogens is 284 g/mol. The lowest BCUT2D eigenvalue weighted by Gasteiger charge is -2.30. The molecule has 1 unspecified atom stereocenters. The number of nitrogens with one attached hydrogen (secondary N) is 1. The Kier molecular flexibility index (Phi) is 3.63. The van der Waals surface area contributed by atoms with Crippen LogP contribution in [0.5, 0.6) is 0 Å². The molecule has 1 saturated carbocycles. The van der Waals surface area contributed by atoms with Crippen molar-refractivity contribution in [2.45, 2.75) is 44.8 Å². The number of H-pyrrole nitrogens is 1. The number of ether oxygens (including phenoxy) is 1. The Labute approximate surface area is 128 Å². The molecule has 118 valence electrons. The second-order valence-electron chi connectivity index (χ2n) is 6.04. The van der Waals surface area contributed by atoms with Crippen molar-refractivity contribution in [2.75, 3.05) is 19.7 Å². The Morgan fingerprint density at radius 2 is 2.23 bits per heavy atom. The van der Waals surface area contributed by atoms with Crippen molar-refractivity contribution in [3.63, 3.8) is 0 Å². The van der Waals surface area contributed by atoms with Gasteiger partial charge < -0.3 is 9.15 Å². The second-order valence-corrected chi connectivity index (χ2v) is 6.04. The van der Waals surface area contributed by atoms with Crippen molar-refractivity contribution in [1.82, 2.24) is 30.3 Å². The lowest BCUT2D eigenvalue weighted by molar-refractivity contribution is -0.0393. The Morgan fingerprint density at radius 1 is 1.32 bits per heavy atom. The van der Waals surface area contributed by atoms with Crippen LogP contribution in [0.25, 0.3) is 0 Å². The number of morpholine rings is 1. The maximum atomic E-state index is 5.79. The zero-order valence-corrected chi connectivity index (χ0v) is 12.7. The maximum Gasteiger partial charge on any atom is 0.230 e. The van der Waals surface area contributed by atoms with Crippen LogP contribution in [0.4, 0.5) is 0 Å². The highest BCUT2D eigenvalue weighted by atomic mass is 16.5. The van der Waals surface area contributed by atoms with Crippen molar-refractivity contribution in [2.24, 2.45) is 0 Å². The molecule has 2 aromatic rings. The van der Waals surface area contributed by atoms with E-state index >= 15 is 0 Å². The van der Waals surface area contributed by atoms with Gasteiger partial charge in [0.05, 0.1) is 13.2 Å². The summed E-state index contributed by atoms with van der Waals surface area (Å²) in [4.78, 5) is 6.60. The maximum absolute atomic E-state index is 5.79. The zero-order chi connectivity index (χ0) is 14.9. The molecule has 1 atom stereocenters. The van der Waals surface area contributed by atoms with Crippen molar-refractivity contribution >= 4 is 0 Å². The molecular formula is C14H20N6O2. The minimum absolute atomic E-state index is 0.104. The molecule has 22 heavy (non-hydrogen) atoms. The molecule has 1 saturated heterocycles. The van der Waals surface area contributed by atoms with Crippen molar-refractivity contribution in [3.8, 4) is 0 Å². The third kappa shape index (κ3) is 2.76. The van der Waals surface area contributed by atoms with Gasteiger partial charge in [-0.3, -0.25) is 10.00 Å². The van der Waals surface area contributed by atoms with Crippen LogP contribution in [-0.2, 0) is 11.3 Å². The number of hydrogen-bond acceptors (Lipinski definition) is 7. The van der Waals surface area contributed by atoms with Gasteiger partial charge in [-0.25, -0.2) is 4.98 Å². The second kappa shape index (κ2) is 5.77. The van der Waals surface area contributed by atoms with E-state index in [1.54, 1.807) is 0 Å². The third-order valence-electron chi connectivity index (χ3n) is 4.35. The van der Waals surface area contributed by atoms with Crippen molar-refractivity contribution in [1.29, 1.82) is 0 Å². The van der Waals surface area contributed by atoms with E-state index in [2.05, 4.69) is 30.3 Å². The smallest absolute Gasteiger partial charge is 0.230 e. The number of rotatable bonds is 4. The van der Waals surface area contributed by atoms with Crippen LogP contribution in [0.15, 0.2) is 4.42 Å². The van der Waals surface area contributed by atoms with E-state index in [0.717, 1.165) is 24.8 Å². The van der Waals surface area contributed by atoms with E-state index in [0.29, 0.717) is 30.8 Å². The molecule has 8 nitrogen and oxygen atoms in total. The lowest BCUT2D eigenvalue weighted by atomic mass is 9.85.